The molecule has 0 bridgehead atoms. The van der Waals surface area contributed by atoms with E-state index in [0.717, 1.165) is 47.5 Å². The molecule has 10 heteroatoms. The van der Waals surface area contributed by atoms with Crippen molar-refractivity contribution in [3.8, 4) is 5.00 Å². The van der Waals surface area contributed by atoms with Crippen LogP contribution in [0.1, 0.15) is 50.6 Å². The van der Waals surface area contributed by atoms with Crippen LogP contribution in [0.2, 0.25) is 5.02 Å². The largest absolute Gasteiger partial charge is 0.478 e. The SMILES string of the molecule is Cc1cc(/C=C2\C(=O)NC(=S)N(c3ccc(Cl)cc3)C2=O)c(C)n1-c1sc2c(c1C(=O)O)CCCC2. The maximum absolute atomic E-state index is 13.4. The predicted octanol–water partition coefficient (Wildman–Crippen LogP) is 5.22. The zero-order chi connectivity index (χ0) is 25.7. The van der Waals surface area contributed by atoms with Gasteiger partial charge in [-0.05, 0) is 99.3 Å². The van der Waals surface area contributed by atoms with Crippen molar-refractivity contribution < 1.29 is 19.5 Å². The molecule has 0 radical (unpaired) electrons. The molecule has 2 N–H and O–H groups in total. The molecule has 1 saturated heterocycles. The normalized spacial score (nSPS) is 16.9. The molecule has 1 fully saturated rings. The number of nitrogens with one attached hydrogen (secondary N) is 1. The van der Waals surface area contributed by atoms with E-state index in [1.165, 1.54) is 22.3 Å². The minimum absolute atomic E-state index is 0.00906. The molecule has 7 nitrogen and oxygen atoms in total. The molecule has 2 aromatic heterocycles. The Morgan fingerprint density at radius 3 is 2.56 bits per heavy atom. The number of hydrogen-bond acceptors (Lipinski definition) is 5. The van der Waals surface area contributed by atoms with Gasteiger partial charge in [0.05, 0.1) is 11.3 Å². The molecule has 1 aliphatic carbocycles. The van der Waals surface area contributed by atoms with Crippen LogP contribution in [0.4, 0.5) is 5.69 Å². The average Bonchev–Trinajstić information content (AvgIpc) is 3.34. The standard InChI is InChI=1S/C26H22ClN3O4S2/c1-13-11-15(14(2)29(13)24-21(25(33)34)18-5-3-4-6-20(18)36-24)12-19-22(31)28-26(35)30(23(19)32)17-9-7-16(27)8-10-17/h7-12H,3-6H2,1-2H3,(H,33,34)(H,28,31,35)/b19-12+. The van der Waals surface area contributed by atoms with E-state index in [4.69, 9.17) is 23.8 Å². The lowest BCUT2D eigenvalue weighted by Gasteiger charge is -2.28. The molecular formula is C26H22ClN3O4S2. The summed E-state index contributed by atoms with van der Waals surface area (Å²) in [4.78, 5) is 40.8. The summed E-state index contributed by atoms with van der Waals surface area (Å²) in [6, 6.07) is 8.44. The molecule has 2 amide bonds. The van der Waals surface area contributed by atoms with Gasteiger partial charge in [0, 0.05) is 21.3 Å². The number of thiophene rings is 1. The molecule has 1 aliphatic heterocycles. The monoisotopic (exact) mass is 539 g/mol. The minimum Gasteiger partial charge on any atom is -0.478 e. The quantitative estimate of drug-likeness (QED) is 0.269. The Morgan fingerprint density at radius 1 is 1.17 bits per heavy atom. The highest BCUT2D eigenvalue weighted by atomic mass is 35.5. The van der Waals surface area contributed by atoms with Gasteiger partial charge in [0.15, 0.2) is 5.11 Å². The van der Waals surface area contributed by atoms with Crippen LogP contribution < -0.4 is 10.2 Å². The van der Waals surface area contributed by atoms with Crippen molar-refractivity contribution in [3.63, 3.8) is 0 Å². The Morgan fingerprint density at radius 2 is 1.86 bits per heavy atom. The van der Waals surface area contributed by atoms with Gasteiger partial charge >= 0.3 is 5.97 Å². The molecule has 36 heavy (non-hydrogen) atoms. The summed E-state index contributed by atoms with van der Waals surface area (Å²) in [5, 5.41) is 13.8. The van der Waals surface area contributed by atoms with Crippen LogP contribution in [-0.2, 0) is 22.4 Å². The molecule has 2 aliphatic rings. The second kappa shape index (κ2) is 9.31. The summed E-state index contributed by atoms with van der Waals surface area (Å²) in [6.07, 6.45) is 5.21. The topological polar surface area (TPSA) is 91.6 Å². The lowest BCUT2D eigenvalue weighted by atomic mass is 9.95. The van der Waals surface area contributed by atoms with Crippen LogP contribution in [0.5, 0.6) is 0 Å². The summed E-state index contributed by atoms with van der Waals surface area (Å²) < 4.78 is 1.91. The fraction of sp³-hybridized carbons (Fsp3) is 0.231. The highest BCUT2D eigenvalue weighted by Gasteiger charge is 2.35. The van der Waals surface area contributed by atoms with Gasteiger partial charge in [-0.15, -0.1) is 11.3 Å². The highest BCUT2D eigenvalue weighted by molar-refractivity contribution is 7.80. The maximum Gasteiger partial charge on any atom is 0.339 e. The molecule has 0 spiro atoms. The van der Waals surface area contributed by atoms with Gasteiger partial charge in [-0.2, -0.15) is 0 Å². The summed E-state index contributed by atoms with van der Waals surface area (Å²) in [6.45, 7) is 3.74. The smallest absolute Gasteiger partial charge is 0.339 e. The number of amides is 2. The number of anilines is 1. The number of thiocarbonyl (C=S) groups is 1. The Balaban J connectivity index is 1.58. The molecule has 184 valence electrons. The van der Waals surface area contributed by atoms with Gasteiger partial charge < -0.3 is 9.67 Å². The molecular weight excluding hydrogens is 518 g/mol. The number of benzene rings is 1. The van der Waals surface area contributed by atoms with E-state index < -0.39 is 17.8 Å². The number of carboxylic acids is 1. The first kappa shape index (κ1) is 24.4. The number of aryl methyl sites for hydroxylation is 2. The number of nitrogens with zero attached hydrogens (tertiary/aromatic N) is 2. The first-order valence-corrected chi connectivity index (χ1v) is 13.0. The average molecular weight is 540 g/mol. The van der Waals surface area contributed by atoms with Gasteiger partial charge in [-0.25, -0.2) is 4.79 Å². The number of halogens is 1. The zero-order valence-corrected chi connectivity index (χ0v) is 21.9. The third-order valence-corrected chi connectivity index (χ3v) is 8.34. The summed E-state index contributed by atoms with van der Waals surface area (Å²) >= 11 is 12.8. The number of carboxylic acid groups (broad SMARTS) is 1. The molecule has 0 unspecified atom stereocenters. The van der Waals surface area contributed by atoms with Crippen molar-refractivity contribution in [2.75, 3.05) is 4.90 Å². The van der Waals surface area contributed by atoms with E-state index in [1.54, 1.807) is 24.3 Å². The second-order valence-electron chi connectivity index (χ2n) is 8.79. The Hall–Kier alpha value is -3.27. The number of fused-ring (bicyclic) bond motifs is 1. The third-order valence-electron chi connectivity index (χ3n) is 6.53. The first-order valence-electron chi connectivity index (χ1n) is 11.4. The molecule has 1 aromatic carbocycles. The third kappa shape index (κ3) is 4.07. The number of aromatic nitrogens is 1. The number of hydrogen-bond donors (Lipinski definition) is 2. The molecule has 3 aromatic rings. The van der Waals surface area contributed by atoms with Gasteiger partial charge in [0.2, 0.25) is 0 Å². The lowest BCUT2D eigenvalue weighted by molar-refractivity contribution is -0.122. The lowest BCUT2D eigenvalue weighted by Crippen LogP contribution is -2.54. The maximum atomic E-state index is 13.4. The molecule has 5 rings (SSSR count). The number of carbonyl (C=O) groups excluding carboxylic acids is 2. The second-order valence-corrected chi connectivity index (χ2v) is 10.7. The van der Waals surface area contributed by atoms with E-state index in [9.17, 15) is 19.5 Å². The van der Waals surface area contributed by atoms with Crippen molar-refractivity contribution in [1.82, 2.24) is 9.88 Å². The summed E-state index contributed by atoms with van der Waals surface area (Å²) in [5.41, 5.74) is 3.90. The highest BCUT2D eigenvalue weighted by Crippen LogP contribution is 2.39. The van der Waals surface area contributed by atoms with Gasteiger partial charge in [0.25, 0.3) is 11.8 Å². The fourth-order valence-electron chi connectivity index (χ4n) is 4.81. The van der Waals surface area contributed by atoms with Crippen LogP contribution in [0, 0.1) is 13.8 Å². The first-order chi connectivity index (χ1) is 17.2. The van der Waals surface area contributed by atoms with E-state index in [-0.39, 0.29) is 10.7 Å². The molecule has 0 atom stereocenters. The van der Waals surface area contributed by atoms with Gasteiger partial charge in [-0.3, -0.25) is 19.8 Å². The van der Waals surface area contributed by atoms with Gasteiger partial charge in [-0.1, -0.05) is 11.6 Å². The van der Waals surface area contributed by atoms with Crippen molar-refractivity contribution >= 4 is 69.8 Å². The van der Waals surface area contributed by atoms with Crippen molar-refractivity contribution in [2.24, 2.45) is 0 Å². The molecule has 3 heterocycles. The fourth-order valence-corrected chi connectivity index (χ4v) is 6.71. The van der Waals surface area contributed by atoms with Crippen molar-refractivity contribution in [2.45, 2.75) is 39.5 Å². The summed E-state index contributed by atoms with van der Waals surface area (Å²) in [7, 11) is 0. The number of aromatic carboxylic acids is 1. The summed E-state index contributed by atoms with van der Waals surface area (Å²) in [5.74, 6) is -2.07. The van der Waals surface area contributed by atoms with Gasteiger partial charge in [0.1, 0.15) is 10.6 Å². The minimum atomic E-state index is -0.939. The van der Waals surface area contributed by atoms with Crippen LogP contribution in [0.3, 0.4) is 0 Å². The van der Waals surface area contributed by atoms with E-state index in [1.807, 2.05) is 24.5 Å². The molecule has 0 saturated carbocycles. The Bertz CT molecular complexity index is 1480. The van der Waals surface area contributed by atoms with Crippen LogP contribution >= 0.6 is 35.2 Å². The van der Waals surface area contributed by atoms with E-state index >= 15 is 0 Å². The zero-order valence-electron chi connectivity index (χ0n) is 19.6. The predicted molar refractivity (Wildman–Crippen MR) is 144 cm³/mol. The van der Waals surface area contributed by atoms with Crippen LogP contribution in [-0.4, -0.2) is 32.6 Å². The van der Waals surface area contributed by atoms with Crippen LogP contribution in [0.25, 0.3) is 11.1 Å². The number of rotatable bonds is 4. The number of carbonyl (C=O) groups is 3. The van der Waals surface area contributed by atoms with E-state index in [0.29, 0.717) is 26.8 Å². The Labute approximate surface area is 222 Å². The van der Waals surface area contributed by atoms with Crippen molar-refractivity contribution in [1.29, 1.82) is 0 Å². The van der Waals surface area contributed by atoms with Crippen molar-refractivity contribution in [3.05, 3.63) is 73.9 Å². The van der Waals surface area contributed by atoms with Crippen LogP contribution in [0.15, 0.2) is 35.9 Å². The Kier molecular flexibility index (Phi) is 6.32. The van der Waals surface area contributed by atoms with E-state index in [2.05, 4.69) is 5.32 Å².